The van der Waals surface area contributed by atoms with Gasteiger partial charge in [-0.05, 0) is 36.4 Å². The zero-order valence-corrected chi connectivity index (χ0v) is 20.9. The predicted molar refractivity (Wildman–Crippen MR) is 137 cm³/mol. The third kappa shape index (κ3) is 6.23. The molecule has 0 bridgehead atoms. The summed E-state index contributed by atoms with van der Waals surface area (Å²) in [7, 11) is 9.30. The van der Waals surface area contributed by atoms with E-state index in [0.29, 0.717) is 46.1 Å². The van der Waals surface area contributed by atoms with Crippen LogP contribution in [0.4, 0.5) is 11.6 Å². The van der Waals surface area contributed by atoms with Gasteiger partial charge < -0.3 is 28.4 Å². The maximum absolute atomic E-state index is 5.35. The normalized spacial score (nSPS) is 10.8. The second-order valence-electron chi connectivity index (χ2n) is 6.96. The van der Waals surface area contributed by atoms with Gasteiger partial charge >= 0.3 is 0 Å². The van der Waals surface area contributed by atoms with Crippen LogP contribution in [-0.2, 0) is 0 Å². The largest absolute Gasteiger partial charge is 0.493 e. The summed E-state index contributed by atoms with van der Waals surface area (Å²) in [6.45, 7) is 0. The van der Waals surface area contributed by atoms with Crippen molar-refractivity contribution < 1.29 is 28.4 Å². The molecule has 0 saturated heterocycles. The number of aromatic nitrogens is 2. The number of anilines is 2. The first kappa shape index (κ1) is 25.9. The minimum absolute atomic E-state index is 0.442. The van der Waals surface area contributed by atoms with E-state index in [2.05, 4.69) is 31.3 Å². The summed E-state index contributed by atoms with van der Waals surface area (Å²) in [5, 5.41) is 16.5. The molecule has 190 valence electrons. The van der Waals surface area contributed by atoms with Gasteiger partial charge in [0.2, 0.25) is 11.5 Å². The SMILES string of the molecule is COc1cc(/C=N/Nc2ccc(N/N=C/c3cc(OC)c(OC)c(OC)c3)nn2)cc(OC)c1OC. The summed E-state index contributed by atoms with van der Waals surface area (Å²) in [4.78, 5) is 0. The van der Waals surface area contributed by atoms with Gasteiger partial charge in [0.05, 0.1) is 55.1 Å². The van der Waals surface area contributed by atoms with Crippen LogP contribution in [-0.4, -0.2) is 65.3 Å². The van der Waals surface area contributed by atoms with Crippen LogP contribution in [0.3, 0.4) is 0 Å². The number of nitrogens with one attached hydrogen (secondary N) is 2. The first-order chi connectivity index (χ1) is 17.6. The van der Waals surface area contributed by atoms with Gasteiger partial charge in [-0.3, -0.25) is 10.9 Å². The summed E-state index contributed by atoms with van der Waals surface area (Å²) in [6.07, 6.45) is 3.19. The number of hydrogen-bond donors (Lipinski definition) is 2. The van der Waals surface area contributed by atoms with E-state index in [1.807, 2.05) is 0 Å². The molecule has 0 fully saturated rings. The van der Waals surface area contributed by atoms with Gasteiger partial charge in [-0.15, -0.1) is 10.2 Å². The van der Waals surface area contributed by atoms with E-state index in [1.165, 1.54) is 0 Å². The smallest absolute Gasteiger partial charge is 0.203 e. The fraction of sp³-hybridized carbons (Fsp3) is 0.250. The van der Waals surface area contributed by atoms with Crippen LogP contribution in [0.1, 0.15) is 11.1 Å². The summed E-state index contributed by atoms with van der Waals surface area (Å²) < 4.78 is 32.0. The van der Waals surface area contributed by atoms with Crippen LogP contribution in [0.2, 0.25) is 0 Å². The molecule has 0 aliphatic carbocycles. The van der Waals surface area contributed by atoms with Crippen molar-refractivity contribution in [2.75, 3.05) is 53.5 Å². The number of benzene rings is 2. The van der Waals surface area contributed by atoms with Crippen LogP contribution >= 0.6 is 0 Å². The quantitative estimate of drug-likeness (QED) is 0.284. The Hall–Kier alpha value is -4.74. The Labute approximate surface area is 208 Å². The van der Waals surface area contributed by atoms with E-state index in [1.54, 1.807) is 91.5 Å². The molecule has 36 heavy (non-hydrogen) atoms. The van der Waals surface area contributed by atoms with Crippen LogP contribution in [0, 0.1) is 0 Å². The summed E-state index contributed by atoms with van der Waals surface area (Å²) in [5.41, 5.74) is 7.12. The number of hydrazone groups is 2. The van der Waals surface area contributed by atoms with Crippen molar-refractivity contribution in [3.63, 3.8) is 0 Å². The molecule has 3 rings (SSSR count). The monoisotopic (exact) mass is 496 g/mol. The van der Waals surface area contributed by atoms with Crippen LogP contribution in [0.25, 0.3) is 0 Å². The zero-order chi connectivity index (χ0) is 25.9. The van der Waals surface area contributed by atoms with Crippen molar-refractivity contribution in [1.82, 2.24) is 10.2 Å². The minimum Gasteiger partial charge on any atom is -0.493 e. The molecular formula is C24H28N6O6. The zero-order valence-electron chi connectivity index (χ0n) is 20.9. The molecule has 1 heterocycles. The van der Waals surface area contributed by atoms with Gasteiger partial charge in [-0.25, -0.2) is 0 Å². The second kappa shape index (κ2) is 12.6. The second-order valence-corrected chi connectivity index (χ2v) is 6.96. The lowest BCUT2D eigenvalue weighted by atomic mass is 10.2. The highest BCUT2D eigenvalue weighted by molar-refractivity contribution is 5.83. The molecule has 3 aromatic rings. The van der Waals surface area contributed by atoms with E-state index in [4.69, 9.17) is 28.4 Å². The van der Waals surface area contributed by atoms with E-state index in [-0.39, 0.29) is 0 Å². The molecular weight excluding hydrogens is 468 g/mol. The van der Waals surface area contributed by atoms with Crippen molar-refractivity contribution in [2.24, 2.45) is 10.2 Å². The number of nitrogens with zero attached hydrogens (tertiary/aromatic N) is 4. The van der Waals surface area contributed by atoms with Crippen LogP contribution < -0.4 is 39.3 Å². The Kier molecular flexibility index (Phi) is 9.09. The van der Waals surface area contributed by atoms with Crippen molar-refractivity contribution in [3.05, 3.63) is 47.5 Å². The molecule has 0 radical (unpaired) electrons. The van der Waals surface area contributed by atoms with Crippen molar-refractivity contribution in [1.29, 1.82) is 0 Å². The molecule has 0 saturated carbocycles. The maximum atomic E-state index is 5.35. The number of ether oxygens (including phenoxy) is 6. The lowest BCUT2D eigenvalue weighted by Gasteiger charge is -2.12. The molecule has 2 aromatic carbocycles. The van der Waals surface area contributed by atoms with Gasteiger partial charge in [0.15, 0.2) is 34.6 Å². The Bertz CT molecular complexity index is 1070. The average molecular weight is 497 g/mol. The van der Waals surface area contributed by atoms with Gasteiger partial charge in [0, 0.05) is 11.1 Å². The lowest BCUT2D eigenvalue weighted by Crippen LogP contribution is -2.00. The Morgan fingerprint density at radius 2 is 0.889 bits per heavy atom. The number of methoxy groups -OCH3 is 6. The molecule has 0 unspecified atom stereocenters. The van der Waals surface area contributed by atoms with Crippen LogP contribution in [0.15, 0.2) is 46.6 Å². The molecule has 0 aliphatic rings. The first-order valence-corrected chi connectivity index (χ1v) is 10.6. The highest BCUT2D eigenvalue weighted by atomic mass is 16.5. The predicted octanol–water partition coefficient (Wildman–Crippen LogP) is 3.42. The molecule has 0 amide bonds. The third-order valence-corrected chi connectivity index (χ3v) is 4.82. The van der Waals surface area contributed by atoms with Crippen molar-refractivity contribution >= 4 is 24.1 Å². The first-order valence-electron chi connectivity index (χ1n) is 10.6. The molecule has 0 aliphatic heterocycles. The highest BCUT2D eigenvalue weighted by Gasteiger charge is 2.13. The highest BCUT2D eigenvalue weighted by Crippen LogP contribution is 2.38. The van der Waals surface area contributed by atoms with Gasteiger partial charge in [-0.1, -0.05) is 0 Å². The van der Waals surface area contributed by atoms with E-state index in [0.717, 1.165) is 11.1 Å². The maximum Gasteiger partial charge on any atom is 0.203 e. The van der Waals surface area contributed by atoms with E-state index >= 15 is 0 Å². The molecule has 1 aromatic heterocycles. The fourth-order valence-corrected chi connectivity index (χ4v) is 3.15. The summed E-state index contributed by atoms with van der Waals surface area (Å²) in [5.74, 6) is 4.01. The minimum atomic E-state index is 0.442. The average Bonchev–Trinajstić information content (AvgIpc) is 2.92. The standard InChI is InChI=1S/C24H28N6O6/c1-31-17-9-15(10-18(32-2)23(17)35-5)13-25-27-21-7-8-22(30-29-21)28-26-14-16-11-19(33-3)24(36-6)20(12-16)34-4/h7-14H,1-6H3,(H,27,29)(H,28,30)/b25-13+,26-14+. The van der Waals surface area contributed by atoms with Gasteiger partial charge in [0.25, 0.3) is 0 Å². The molecule has 12 nitrogen and oxygen atoms in total. The van der Waals surface area contributed by atoms with Gasteiger partial charge in [-0.2, -0.15) is 10.2 Å². The van der Waals surface area contributed by atoms with Gasteiger partial charge in [0.1, 0.15) is 0 Å². The van der Waals surface area contributed by atoms with Crippen molar-refractivity contribution in [2.45, 2.75) is 0 Å². The Morgan fingerprint density at radius 1 is 0.556 bits per heavy atom. The van der Waals surface area contributed by atoms with Crippen LogP contribution in [0.5, 0.6) is 34.5 Å². The summed E-state index contributed by atoms with van der Waals surface area (Å²) in [6, 6.07) is 10.5. The number of hydrogen-bond acceptors (Lipinski definition) is 12. The number of rotatable bonds is 12. The Balaban J connectivity index is 1.62. The molecule has 12 heteroatoms. The fourth-order valence-electron chi connectivity index (χ4n) is 3.15. The van der Waals surface area contributed by atoms with E-state index < -0.39 is 0 Å². The van der Waals surface area contributed by atoms with Crippen molar-refractivity contribution in [3.8, 4) is 34.5 Å². The summed E-state index contributed by atoms with van der Waals surface area (Å²) >= 11 is 0. The van der Waals surface area contributed by atoms with E-state index in [9.17, 15) is 0 Å². The molecule has 2 N–H and O–H groups in total. The third-order valence-electron chi connectivity index (χ3n) is 4.82. The molecule has 0 atom stereocenters. The Morgan fingerprint density at radius 3 is 1.14 bits per heavy atom. The topological polar surface area (TPSA) is 130 Å². The lowest BCUT2D eigenvalue weighted by molar-refractivity contribution is 0.324. The molecule has 0 spiro atoms.